The van der Waals surface area contributed by atoms with Crippen LogP contribution in [-0.2, 0) is 22.7 Å². The van der Waals surface area contributed by atoms with Gasteiger partial charge in [0.05, 0.1) is 12.2 Å². The van der Waals surface area contributed by atoms with Gasteiger partial charge >= 0.3 is 12.1 Å². The molecule has 1 atom stereocenters. The van der Waals surface area contributed by atoms with E-state index < -0.39 is 23.9 Å². The summed E-state index contributed by atoms with van der Waals surface area (Å²) in [6.07, 6.45) is 0.502. The summed E-state index contributed by atoms with van der Waals surface area (Å²) in [4.78, 5) is 58.6. The van der Waals surface area contributed by atoms with E-state index in [1.807, 2.05) is 74.5 Å². The van der Waals surface area contributed by atoms with Crippen molar-refractivity contribution in [2.24, 2.45) is 11.7 Å². The minimum absolute atomic E-state index is 0.0298. The van der Waals surface area contributed by atoms with Crippen molar-refractivity contribution in [3.63, 3.8) is 0 Å². The summed E-state index contributed by atoms with van der Waals surface area (Å²) in [6, 6.07) is 32.5. The number of amidine groups is 1. The van der Waals surface area contributed by atoms with Gasteiger partial charge in [0.25, 0.3) is 11.8 Å². The van der Waals surface area contributed by atoms with Crippen LogP contribution < -0.4 is 26.4 Å². The van der Waals surface area contributed by atoms with Crippen LogP contribution in [0.15, 0.2) is 115 Å². The van der Waals surface area contributed by atoms with Gasteiger partial charge in [0.2, 0.25) is 5.88 Å². The van der Waals surface area contributed by atoms with E-state index in [1.165, 1.54) is 6.07 Å². The van der Waals surface area contributed by atoms with E-state index in [9.17, 15) is 19.2 Å². The second kappa shape index (κ2) is 20.8. The molecule has 0 fully saturated rings. The molecule has 3 amide bonds. The van der Waals surface area contributed by atoms with Crippen LogP contribution in [0.1, 0.15) is 81.5 Å². The molecule has 0 radical (unpaired) electrons. The molecule has 5 rings (SSSR count). The molecule has 13 nitrogen and oxygen atoms in total. The van der Waals surface area contributed by atoms with Crippen LogP contribution in [0.3, 0.4) is 0 Å². The van der Waals surface area contributed by atoms with Gasteiger partial charge in [0.15, 0.2) is 0 Å². The quantitative estimate of drug-likeness (QED) is 0.0340. The lowest BCUT2D eigenvalue weighted by Gasteiger charge is -2.21. The van der Waals surface area contributed by atoms with Crippen molar-refractivity contribution in [1.82, 2.24) is 15.6 Å². The molecule has 4 aromatic carbocycles. The summed E-state index contributed by atoms with van der Waals surface area (Å²) in [5, 5.41) is 16.3. The van der Waals surface area contributed by atoms with Crippen molar-refractivity contribution in [2.75, 3.05) is 18.5 Å². The highest BCUT2D eigenvalue weighted by atomic mass is 16.5. The van der Waals surface area contributed by atoms with Crippen molar-refractivity contribution in [2.45, 2.75) is 52.9 Å². The SMILES string of the molecule is CCOc1ccc(-c2ccc(C(=O)NC(CCNC(=O)OCc3ccccc3)CC(C)C)cc2C(=O)OCc2ccccc2)c(C(=O)Nc2ccc(C(=N)N)cc2)n1. The molecule has 1 heterocycles. The molecule has 1 aromatic heterocycles. The summed E-state index contributed by atoms with van der Waals surface area (Å²) < 4.78 is 16.7. The maximum absolute atomic E-state index is 14.0. The monoisotopic (exact) mass is 784 g/mol. The van der Waals surface area contributed by atoms with Crippen LogP contribution in [0.4, 0.5) is 10.5 Å². The third kappa shape index (κ3) is 12.2. The Balaban J connectivity index is 1.41. The first-order valence-corrected chi connectivity index (χ1v) is 19.0. The highest BCUT2D eigenvalue weighted by Gasteiger charge is 2.25. The van der Waals surface area contributed by atoms with Crippen molar-refractivity contribution >= 4 is 35.4 Å². The predicted octanol–water partition coefficient (Wildman–Crippen LogP) is 7.50. The first kappa shape index (κ1) is 42.1. The maximum Gasteiger partial charge on any atom is 0.407 e. The summed E-state index contributed by atoms with van der Waals surface area (Å²) in [5.74, 6) is -1.43. The van der Waals surface area contributed by atoms with Crippen LogP contribution in [-0.4, -0.2) is 53.9 Å². The molecule has 300 valence electrons. The van der Waals surface area contributed by atoms with Gasteiger partial charge in [-0.3, -0.25) is 15.0 Å². The average molecular weight is 785 g/mol. The molecule has 1 unspecified atom stereocenters. The van der Waals surface area contributed by atoms with Gasteiger partial charge in [-0.25, -0.2) is 14.6 Å². The number of esters is 1. The zero-order valence-electron chi connectivity index (χ0n) is 32.7. The second-order valence-corrected chi connectivity index (χ2v) is 13.8. The molecule has 0 saturated heterocycles. The minimum Gasteiger partial charge on any atom is -0.478 e. The number of nitrogens with two attached hydrogens (primary N) is 1. The first-order chi connectivity index (χ1) is 28.0. The molecule has 0 bridgehead atoms. The number of nitrogens with zero attached hydrogens (tertiary/aromatic N) is 1. The summed E-state index contributed by atoms with van der Waals surface area (Å²) in [6.45, 7) is 6.54. The highest BCUT2D eigenvalue weighted by Crippen LogP contribution is 2.31. The summed E-state index contributed by atoms with van der Waals surface area (Å²) in [7, 11) is 0. The van der Waals surface area contributed by atoms with Gasteiger partial charge in [0.1, 0.15) is 24.7 Å². The Morgan fingerprint density at radius 3 is 2.00 bits per heavy atom. The number of amides is 3. The largest absolute Gasteiger partial charge is 0.478 e. The lowest BCUT2D eigenvalue weighted by molar-refractivity contribution is 0.0473. The molecule has 0 aliphatic heterocycles. The van der Waals surface area contributed by atoms with E-state index >= 15 is 0 Å². The number of carbonyl (C=O) groups is 4. The van der Waals surface area contributed by atoms with Gasteiger partial charge < -0.3 is 35.9 Å². The fraction of sp³-hybridized carbons (Fsp3) is 0.244. The smallest absolute Gasteiger partial charge is 0.407 e. The maximum atomic E-state index is 14.0. The molecule has 0 aliphatic carbocycles. The Hall–Kier alpha value is -7.02. The summed E-state index contributed by atoms with van der Waals surface area (Å²) >= 11 is 0. The van der Waals surface area contributed by atoms with E-state index in [4.69, 9.17) is 25.4 Å². The molecule has 13 heteroatoms. The third-order valence-electron chi connectivity index (χ3n) is 8.90. The van der Waals surface area contributed by atoms with E-state index in [2.05, 4.69) is 20.9 Å². The Labute approximate surface area is 337 Å². The Morgan fingerprint density at radius 1 is 0.759 bits per heavy atom. The molecule has 0 aliphatic rings. The molecular weight excluding hydrogens is 737 g/mol. The number of pyridine rings is 1. The third-order valence-corrected chi connectivity index (χ3v) is 8.90. The van der Waals surface area contributed by atoms with Crippen LogP contribution in [0.5, 0.6) is 5.88 Å². The van der Waals surface area contributed by atoms with Crippen LogP contribution in [0, 0.1) is 11.3 Å². The predicted molar refractivity (Wildman–Crippen MR) is 222 cm³/mol. The van der Waals surface area contributed by atoms with Gasteiger partial charge in [-0.05, 0) is 84.8 Å². The van der Waals surface area contributed by atoms with E-state index in [0.29, 0.717) is 41.8 Å². The number of carbonyl (C=O) groups excluding carboxylic acids is 4. The highest BCUT2D eigenvalue weighted by molar-refractivity contribution is 6.10. The number of aromatic nitrogens is 1. The van der Waals surface area contributed by atoms with Crippen molar-refractivity contribution in [3.8, 4) is 17.0 Å². The standard InChI is InChI=1S/C45H48N6O7/c1-4-56-39-22-21-37(40(51-39)43(53)49-34-18-15-32(16-19-34)41(46)47)36-20-17-33(26-38(36)44(54)57-27-30-11-7-5-8-12-30)42(52)50-35(25-29(2)3)23-24-48-45(55)58-28-31-13-9-6-10-14-31/h5-22,26,29,35H,4,23-25,27-28H2,1-3H3,(H3,46,47)(H,48,55)(H,49,53)(H,50,52). The van der Waals surface area contributed by atoms with Gasteiger partial charge in [-0.15, -0.1) is 0 Å². The lowest BCUT2D eigenvalue weighted by atomic mass is 9.95. The molecular formula is C45H48N6O7. The van der Waals surface area contributed by atoms with Gasteiger partial charge in [0, 0.05) is 41.0 Å². The molecule has 0 spiro atoms. The number of hydrogen-bond donors (Lipinski definition) is 5. The first-order valence-electron chi connectivity index (χ1n) is 19.0. The number of rotatable bonds is 18. The van der Waals surface area contributed by atoms with E-state index in [1.54, 1.807) is 55.5 Å². The van der Waals surface area contributed by atoms with Crippen molar-refractivity contribution < 1.29 is 33.4 Å². The zero-order chi connectivity index (χ0) is 41.4. The fourth-order valence-corrected chi connectivity index (χ4v) is 6.08. The van der Waals surface area contributed by atoms with Crippen LogP contribution in [0.2, 0.25) is 0 Å². The van der Waals surface area contributed by atoms with Crippen molar-refractivity contribution in [1.29, 1.82) is 5.41 Å². The lowest BCUT2D eigenvalue weighted by Crippen LogP contribution is -2.39. The Bertz CT molecular complexity index is 2200. The fourth-order valence-electron chi connectivity index (χ4n) is 6.08. The second-order valence-electron chi connectivity index (χ2n) is 13.8. The Kier molecular flexibility index (Phi) is 15.1. The Morgan fingerprint density at radius 2 is 1.38 bits per heavy atom. The minimum atomic E-state index is -0.717. The average Bonchev–Trinajstić information content (AvgIpc) is 3.22. The number of nitrogens with one attached hydrogen (secondary N) is 4. The molecule has 6 N–H and O–H groups in total. The van der Waals surface area contributed by atoms with Gasteiger partial charge in [-0.2, -0.15) is 0 Å². The number of hydrogen-bond acceptors (Lipinski definition) is 9. The zero-order valence-corrected chi connectivity index (χ0v) is 32.7. The van der Waals surface area contributed by atoms with Gasteiger partial charge in [-0.1, -0.05) is 80.6 Å². The number of alkyl carbamates (subject to hydrolysis) is 1. The normalized spacial score (nSPS) is 11.2. The van der Waals surface area contributed by atoms with Crippen LogP contribution >= 0.6 is 0 Å². The molecule has 0 saturated carbocycles. The van der Waals surface area contributed by atoms with Crippen LogP contribution in [0.25, 0.3) is 11.1 Å². The number of nitrogen functional groups attached to an aromatic ring is 1. The van der Waals surface area contributed by atoms with E-state index in [-0.39, 0.29) is 60.3 Å². The topological polar surface area (TPSA) is 195 Å². The van der Waals surface area contributed by atoms with E-state index in [0.717, 1.165) is 11.1 Å². The summed E-state index contributed by atoms with van der Waals surface area (Å²) in [5.41, 5.74) is 8.93. The molecule has 5 aromatic rings. The number of anilines is 1. The number of benzene rings is 4. The number of ether oxygens (including phenoxy) is 3. The molecule has 58 heavy (non-hydrogen) atoms. The van der Waals surface area contributed by atoms with Crippen molar-refractivity contribution in [3.05, 3.63) is 149 Å².